The molecule has 1 atom stereocenters. The van der Waals surface area contributed by atoms with Gasteiger partial charge in [0.25, 0.3) is 0 Å². The lowest BCUT2D eigenvalue weighted by atomic mass is 10.1. The van der Waals surface area contributed by atoms with Gasteiger partial charge < -0.3 is 15.5 Å². The molecule has 5 nitrogen and oxygen atoms in total. The summed E-state index contributed by atoms with van der Waals surface area (Å²) in [5.41, 5.74) is 3.42. The number of nitrogens with one attached hydrogen (secondary N) is 2. The lowest BCUT2D eigenvalue weighted by Gasteiger charge is -2.17. The normalized spacial score (nSPS) is 16.8. The maximum Gasteiger partial charge on any atom is 0.319 e. The average Bonchev–Trinajstić information content (AvgIpc) is 2.88. The Kier molecular flexibility index (Phi) is 4.70. The molecule has 2 N–H and O–H groups in total. The van der Waals surface area contributed by atoms with E-state index in [9.17, 15) is 14.0 Å². The predicted molar refractivity (Wildman–Crippen MR) is 95.2 cm³/mol. The third kappa shape index (κ3) is 3.96. The highest BCUT2D eigenvalue weighted by Gasteiger charge is 2.33. The quantitative estimate of drug-likeness (QED) is 0.899. The van der Waals surface area contributed by atoms with Gasteiger partial charge in [-0.1, -0.05) is 6.07 Å². The third-order valence-electron chi connectivity index (χ3n) is 4.13. The van der Waals surface area contributed by atoms with Gasteiger partial charge >= 0.3 is 6.03 Å². The van der Waals surface area contributed by atoms with Gasteiger partial charge in [0.1, 0.15) is 11.9 Å². The number of nitrogens with zero attached hydrogens (tertiary/aromatic N) is 1. The van der Waals surface area contributed by atoms with Crippen molar-refractivity contribution >= 4 is 23.3 Å². The second-order valence-corrected chi connectivity index (χ2v) is 6.28. The van der Waals surface area contributed by atoms with E-state index in [4.69, 9.17) is 0 Å². The minimum absolute atomic E-state index is 0.192. The van der Waals surface area contributed by atoms with Gasteiger partial charge in [0.05, 0.1) is 0 Å². The van der Waals surface area contributed by atoms with Crippen LogP contribution in [0.15, 0.2) is 42.5 Å². The Hall–Kier alpha value is -2.89. The Balaban J connectivity index is 1.62. The monoisotopic (exact) mass is 341 g/mol. The first-order valence-electron chi connectivity index (χ1n) is 8.15. The molecule has 3 amide bonds. The Labute approximate surface area is 145 Å². The molecule has 3 rings (SSSR count). The van der Waals surface area contributed by atoms with Crippen molar-refractivity contribution in [2.24, 2.45) is 0 Å². The summed E-state index contributed by atoms with van der Waals surface area (Å²) in [5.74, 6) is -0.542. The molecule has 0 saturated carbocycles. The van der Waals surface area contributed by atoms with Gasteiger partial charge in [0, 0.05) is 17.9 Å². The van der Waals surface area contributed by atoms with Gasteiger partial charge in [-0.2, -0.15) is 0 Å². The first-order valence-corrected chi connectivity index (χ1v) is 8.15. The number of halogens is 1. The molecule has 6 heteroatoms. The number of aryl methyl sites for hydroxylation is 2. The van der Waals surface area contributed by atoms with Crippen molar-refractivity contribution in [1.29, 1.82) is 0 Å². The van der Waals surface area contributed by atoms with E-state index in [0.29, 0.717) is 24.3 Å². The summed E-state index contributed by atoms with van der Waals surface area (Å²) in [6.45, 7) is 4.40. The van der Waals surface area contributed by atoms with Crippen LogP contribution in [0.1, 0.15) is 17.5 Å². The number of rotatable bonds is 3. The van der Waals surface area contributed by atoms with Crippen LogP contribution in [-0.4, -0.2) is 24.5 Å². The molecule has 1 aliphatic heterocycles. The SMILES string of the molecule is Cc1cc(C)cc(NC(=O)N[C@H]2CCN(c3ccc(F)cc3)C2=O)c1. The van der Waals surface area contributed by atoms with Gasteiger partial charge in [-0.05, 0) is 67.8 Å². The van der Waals surface area contributed by atoms with Crippen molar-refractivity contribution in [1.82, 2.24) is 5.32 Å². The number of benzene rings is 2. The van der Waals surface area contributed by atoms with Gasteiger partial charge in [-0.15, -0.1) is 0 Å². The van der Waals surface area contributed by atoms with Crippen molar-refractivity contribution in [2.75, 3.05) is 16.8 Å². The molecule has 1 fully saturated rings. The Morgan fingerprint density at radius 1 is 1.12 bits per heavy atom. The van der Waals surface area contributed by atoms with Gasteiger partial charge in [-0.25, -0.2) is 9.18 Å². The van der Waals surface area contributed by atoms with Crippen LogP contribution < -0.4 is 15.5 Å². The van der Waals surface area contributed by atoms with E-state index >= 15 is 0 Å². The molecule has 1 saturated heterocycles. The number of anilines is 2. The first kappa shape index (κ1) is 17.0. The molecule has 2 aromatic rings. The number of hydrogen-bond acceptors (Lipinski definition) is 2. The summed E-state index contributed by atoms with van der Waals surface area (Å²) in [7, 11) is 0. The van der Waals surface area contributed by atoms with Crippen molar-refractivity contribution in [2.45, 2.75) is 26.3 Å². The number of carbonyl (C=O) groups is 2. The smallest absolute Gasteiger partial charge is 0.319 e. The summed E-state index contributed by atoms with van der Waals surface area (Å²) in [6.07, 6.45) is 0.510. The Morgan fingerprint density at radius 3 is 2.40 bits per heavy atom. The fourth-order valence-electron chi connectivity index (χ4n) is 3.06. The van der Waals surface area contributed by atoms with E-state index in [1.807, 2.05) is 32.0 Å². The maximum absolute atomic E-state index is 13.0. The number of carbonyl (C=O) groups excluding carboxylic acids is 2. The largest absolute Gasteiger partial charge is 0.326 e. The molecule has 0 bridgehead atoms. The number of hydrogen-bond donors (Lipinski definition) is 2. The standard InChI is InChI=1S/C19H20FN3O2/c1-12-9-13(2)11-15(10-12)21-19(25)22-17-7-8-23(18(17)24)16-5-3-14(20)4-6-16/h3-6,9-11,17H,7-8H2,1-2H3,(H2,21,22,25)/t17-/m0/s1. The van der Waals surface area contributed by atoms with Crippen LogP contribution in [0.5, 0.6) is 0 Å². The van der Waals surface area contributed by atoms with E-state index < -0.39 is 12.1 Å². The van der Waals surface area contributed by atoms with Crippen LogP contribution in [0.2, 0.25) is 0 Å². The van der Waals surface area contributed by atoms with E-state index in [-0.39, 0.29) is 11.7 Å². The Morgan fingerprint density at radius 2 is 1.76 bits per heavy atom. The molecule has 1 heterocycles. The molecule has 0 unspecified atom stereocenters. The molecule has 0 radical (unpaired) electrons. The zero-order valence-corrected chi connectivity index (χ0v) is 14.2. The van der Waals surface area contributed by atoms with Crippen LogP contribution in [-0.2, 0) is 4.79 Å². The van der Waals surface area contributed by atoms with Gasteiger partial charge in [0.2, 0.25) is 5.91 Å². The summed E-state index contributed by atoms with van der Waals surface area (Å²) < 4.78 is 13.0. The maximum atomic E-state index is 13.0. The van der Waals surface area contributed by atoms with Crippen LogP contribution in [0.3, 0.4) is 0 Å². The highest BCUT2D eigenvalue weighted by Crippen LogP contribution is 2.22. The summed E-state index contributed by atoms with van der Waals surface area (Å²) in [4.78, 5) is 26.2. The molecule has 25 heavy (non-hydrogen) atoms. The summed E-state index contributed by atoms with van der Waals surface area (Å²) in [5, 5.41) is 5.47. The highest BCUT2D eigenvalue weighted by atomic mass is 19.1. The van der Waals surface area contributed by atoms with Gasteiger partial charge in [-0.3, -0.25) is 4.79 Å². The van der Waals surface area contributed by atoms with Crippen LogP contribution in [0.25, 0.3) is 0 Å². The fraction of sp³-hybridized carbons (Fsp3) is 0.263. The molecule has 0 aromatic heterocycles. The van der Waals surface area contributed by atoms with E-state index in [0.717, 1.165) is 11.1 Å². The van der Waals surface area contributed by atoms with Crippen molar-refractivity contribution in [3.05, 3.63) is 59.4 Å². The van der Waals surface area contributed by atoms with Crippen LogP contribution >= 0.6 is 0 Å². The number of urea groups is 1. The molecule has 1 aliphatic rings. The third-order valence-corrected chi connectivity index (χ3v) is 4.13. The van der Waals surface area contributed by atoms with Crippen molar-refractivity contribution in [3.8, 4) is 0 Å². The molecule has 130 valence electrons. The summed E-state index contributed by atoms with van der Waals surface area (Å²) in [6, 6.07) is 10.5. The molecule has 2 aromatic carbocycles. The second kappa shape index (κ2) is 6.93. The highest BCUT2D eigenvalue weighted by molar-refractivity contribution is 6.02. The van der Waals surface area contributed by atoms with Gasteiger partial charge in [0.15, 0.2) is 0 Å². The van der Waals surface area contributed by atoms with Crippen LogP contribution in [0.4, 0.5) is 20.6 Å². The lowest BCUT2D eigenvalue weighted by molar-refractivity contribution is -0.118. The minimum Gasteiger partial charge on any atom is -0.326 e. The first-order chi connectivity index (χ1) is 11.9. The number of amides is 3. The minimum atomic E-state index is -0.587. The molecule has 0 spiro atoms. The average molecular weight is 341 g/mol. The zero-order valence-electron chi connectivity index (χ0n) is 14.2. The fourth-order valence-corrected chi connectivity index (χ4v) is 3.06. The topological polar surface area (TPSA) is 61.4 Å². The van der Waals surface area contributed by atoms with Crippen LogP contribution in [0, 0.1) is 19.7 Å². The van der Waals surface area contributed by atoms with Crippen molar-refractivity contribution in [3.63, 3.8) is 0 Å². The second-order valence-electron chi connectivity index (χ2n) is 6.28. The predicted octanol–water partition coefficient (Wildman–Crippen LogP) is 3.37. The van der Waals surface area contributed by atoms with Crippen molar-refractivity contribution < 1.29 is 14.0 Å². The van der Waals surface area contributed by atoms with E-state index in [1.54, 1.807) is 17.0 Å². The van der Waals surface area contributed by atoms with E-state index in [2.05, 4.69) is 10.6 Å². The zero-order chi connectivity index (χ0) is 18.0. The molecular formula is C19H20FN3O2. The molecular weight excluding hydrogens is 321 g/mol. The lowest BCUT2D eigenvalue weighted by Crippen LogP contribution is -2.43. The summed E-state index contributed by atoms with van der Waals surface area (Å²) >= 11 is 0. The Bertz CT molecular complexity index is 785. The van der Waals surface area contributed by atoms with E-state index in [1.165, 1.54) is 12.1 Å². The molecule has 0 aliphatic carbocycles.